The van der Waals surface area contributed by atoms with Crippen molar-refractivity contribution >= 4 is 5.91 Å². The number of methoxy groups -OCH3 is 3. The maximum absolute atomic E-state index is 12.9. The Morgan fingerprint density at radius 1 is 0.931 bits per heavy atom. The SMILES string of the molecule is COc1cc(C(=O)N=c2ccccn2Cc2ccc(C)cc2)cc(OC)c1OC. The fraction of sp³-hybridized carbons (Fsp3) is 0.217. The van der Waals surface area contributed by atoms with E-state index in [0.717, 1.165) is 5.56 Å². The smallest absolute Gasteiger partial charge is 0.279 e. The molecule has 29 heavy (non-hydrogen) atoms. The van der Waals surface area contributed by atoms with Crippen molar-refractivity contribution in [3.05, 3.63) is 83.0 Å². The van der Waals surface area contributed by atoms with Gasteiger partial charge in [0.2, 0.25) is 5.75 Å². The number of benzene rings is 2. The molecule has 0 unspecified atom stereocenters. The molecule has 1 heterocycles. The van der Waals surface area contributed by atoms with Gasteiger partial charge in [-0.1, -0.05) is 35.9 Å². The fourth-order valence-electron chi connectivity index (χ4n) is 2.97. The van der Waals surface area contributed by atoms with Gasteiger partial charge in [0.25, 0.3) is 5.91 Å². The zero-order chi connectivity index (χ0) is 20.8. The lowest BCUT2D eigenvalue weighted by Crippen LogP contribution is -2.22. The van der Waals surface area contributed by atoms with E-state index in [2.05, 4.69) is 36.2 Å². The van der Waals surface area contributed by atoms with Crippen LogP contribution in [0.5, 0.6) is 17.2 Å². The van der Waals surface area contributed by atoms with E-state index < -0.39 is 5.91 Å². The van der Waals surface area contributed by atoms with Gasteiger partial charge in [0.15, 0.2) is 11.5 Å². The van der Waals surface area contributed by atoms with Crippen molar-refractivity contribution in [3.63, 3.8) is 0 Å². The molecule has 3 rings (SSSR count). The summed E-state index contributed by atoms with van der Waals surface area (Å²) in [6, 6.07) is 17.0. The van der Waals surface area contributed by atoms with Gasteiger partial charge in [-0.15, -0.1) is 0 Å². The van der Waals surface area contributed by atoms with E-state index in [1.165, 1.54) is 26.9 Å². The van der Waals surface area contributed by atoms with Crippen molar-refractivity contribution in [1.82, 2.24) is 4.57 Å². The second kappa shape index (κ2) is 9.10. The molecule has 6 nitrogen and oxygen atoms in total. The van der Waals surface area contributed by atoms with Crippen LogP contribution in [-0.2, 0) is 6.54 Å². The number of amides is 1. The van der Waals surface area contributed by atoms with E-state index in [9.17, 15) is 4.79 Å². The highest BCUT2D eigenvalue weighted by Gasteiger charge is 2.16. The molecule has 0 aliphatic rings. The molecule has 1 aromatic heterocycles. The van der Waals surface area contributed by atoms with Crippen LogP contribution in [0.4, 0.5) is 0 Å². The van der Waals surface area contributed by atoms with Gasteiger partial charge in [-0.05, 0) is 36.8 Å². The molecule has 2 aromatic carbocycles. The Kier molecular flexibility index (Phi) is 6.34. The molecule has 0 spiro atoms. The average Bonchev–Trinajstić information content (AvgIpc) is 2.75. The first kappa shape index (κ1) is 20.2. The van der Waals surface area contributed by atoms with Gasteiger partial charge in [0.1, 0.15) is 5.49 Å². The Labute approximate surface area is 170 Å². The van der Waals surface area contributed by atoms with E-state index in [1.54, 1.807) is 12.1 Å². The molecular formula is C23H24N2O4. The molecule has 0 N–H and O–H groups in total. The van der Waals surface area contributed by atoms with Gasteiger partial charge < -0.3 is 18.8 Å². The Balaban J connectivity index is 1.98. The van der Waals surface area contributed by atoms with Crippen molar-refractivity contribution < 1.29 is 19.0 Å². The summed E-state index contributed by atoms with van der Waals surface area (Å²) in [4.78, 5) is 17.2. The topological polar surface area (TPSA) is 62.0 Å². The molecule has 0 atom stereocenters. The molecule has 1 amide bonds. The zero-order valence-electron chi connectivity index (χ0n) is 17.0. The summed E-state index contributed by atoms with van der Waals surface area (Å²) in [6.07, 6.45) is 1.90. The summed E-state index contributed by atoms with van der Waals surface area (Å²) in [5.74, 6) is 0.853. The second-order valence-corrected chi connectivity index (χ2v) is 6.50. The Morgan fingerprint density at radius 2 is 1.59 bits per heavy atom. The van der Waals surface area contributed by atoms with Gasteiger partial charge in [0.05, 0.1) is 21.3 Å². The predicted octanol–water partition coefficient (Wildman–Crippen LogP) is 3.61. The molecule has 0 aliphatic heterocycles. The Hall–Kier alpha value is -3.54. The van der Waals surface area contributed by atoms with Gasteiger partial charge in [-0.2, -0.15) is 4.99 Å². The van der Waals surface area contributed by atoms with Crippen molar-refractivity contribution in [3.8, 4) is 17.2 Å². The summed E-state index contributed by atoms with van der Waals surface area (Å²) < 4.78 is 17.9. The third kappa shape index (κ3) is 4.66. The lowest BCUT2D eigenvalue weighted by Gasteiger charge is -2.13. The van der Waals surface area contributed by atoms with Crippen LogP contribution in [-0.4, -0.2) is 31.8 Å². The summed E-state index contributed by atoms with van der Waals surface area (Å²) in [6.45, 7) is 2.67. The number of hydrogen-bond acceptors (Lipinski definition) is 4. The van der Waals surface area contributed by atoms with Crippen LogP contribution >= 0.6 is 0 Å². The van der Waals surface area contributed by atoms with Crippen LogP contribution in [0.3, 0.4) is 0 Å². The maximum atomic E-state index is 12.9. The van der Waals surface area contributed by atoms with Crippen LogP contribution < -0.4 is 19.7 Å². The van der Waals surface area contributed by atoms with Crippen LogP contribution in [0.15, 0.2) is 65.8 Å². The molecule has 0 aliphatic carbocycles. The molecule has 0 fully saturated rings. The van der Waals surface area contributed by atoms with Crippen molar-refractivity contribution in [2.45, 2.75) is 13.5 Å². The number of rotatable bonds is 6. The molecular weight excluding hydrogens is 368 g/mol. The number of pyridine rings is 1. The number of aryl methyl sites for hydroxylation is 1. The van der Waals surface area contributed by atoms with Crippen LogP contribution in [0.2, 0.25) is 0 Å². The first-order valence-electron chi connectivity index (χ1n) is 9.15. The van der Waals surface area contributed by atoms with Gasteiger partial charge >= 0.3 is 0 Å². The minimum atomic E-state index is -0.395. The lowest BCUT2D eigenvalue weighted by atomic mass is 10.1. The first-order valence-corrected chi connectivity index (χ1v) is 9.15. The molecule has 0 bridgehead atoms. The van der Waals surface area contributed by atoms with E-state index >= 15 is 0 Å². The van der Waals surface area contributed by atoms with Gasteiger partial charge in [-0.3, -0.25) is 4.79 Å². The van der Waals surface area contributed by atoms with E-state index in [4.69, 9.17) is 14.2 Å². The summed E-state index contributed by atoms with van der Waals surface area (Å²) in [5.41, 5.74) is 3.25. The number of carbonyl (C=O) groups excluding carboxylic acids is 1. The van der Waals surface area contributed by atoms with Crippen molar-refractivity contribution in [2.24, 2.45) is 4.99 Å². The standard InChI is InChI=1S/C23H24N2O4/c1-16-8-10-17(11-9-16)15-25-12-6-5-7-21(25)24-23(26)18-13-19(27-2)22(29-4)20(14-18)28-3/h5-14H,15H2,1-4H3. The Morgan fingerprint density at radius 3 is 2.17 bits per heavy atom. The number of aromatic nitrogens is 1. The number of hydrogen-bond donors (Lipinski definition) is 0. The summed E-state index contributed by atoms with van der Waals surface area (Å²) in [5, 5.41) is 0. The lowest BCUT2D eigenvalue weighted by molar-refractivity contribution is 0.0996. The largest absolute Gasteiger partial charge is 0.493 e. The van der Waals surface area contributed by atoms with Crippen molar-refractivity contribution in [2.75, 3.05) is 21.3 Å². The fourth-order valence-corrected chi connectivity index (χ4v) is 2.97. The molecule has 150 valence electrons. The third-order valence-electron chi connectivity index (χ3n) is 4.52. The zero-order valence-corrected chi connectivity index (χ0v) is 17.0. The quantitative estimate of drug-likeness (QED) is 0.643. The van der Waals surface area contributed by atoms with Gasteiger partial charge in [-0.25, -0.2) is 0 Å². The third-order valence-corrected chi connectivity index (χ3v) is 4.52. The highest BCUT2D eigenvalue weighted by atomic mass is 16.5. The number of ether oxygens (including phenoxy) is 3. The normalized spacial score (nSPS) is 11.2. The highest BCUT2D eigenvalue weighted by Crippen LogP contribution is 2.38. The Bertz CT molecular complexity index is 1040. The second-order valence-electron chi connectivity index (χ2n) is 6.50. The highest BCUT2D eigenvalue weighted by molar-refractivity contribution is 5.96. The maximum Gasteiger partial charge on any atom is 0.279 e. The monoisotopic (exact) mass is 392 g/mol. The van der Waals surface area contributed by atoms with Gasteiger partial charge in [0, 0.05) is 18.3 Å². The summed E-state index contributed by atoms with van der Waals surface area (Å²) in [7, 11) is 4.54. The van der Waals surface area contributed by atoms with E-state index in [-0.39, 0.29) is 0 Å². The molecule has 3 aromatic rings. The molecule has 0 saturated carbocycles. The molecule has 0 saturated heterocycles. The summed E-state index contributed by atoms with van der Waals surface area (Å²) >= 11 is 0. The van der Waals surface area contributed by atoms with Crippen LogP contribution in [0.25, 0.3) is 0 Å². The van der Waals surface area contributed by atoms with E-state index in [1.807, 2.05) is 29.0 Å². The van der Waals surface area contributed by atoms with Crippen LogP contribution in [0, 0.1) is 6.92 Å². The first-order chi connectivity index (χ1) is 14.0. The average molecular weight is 392 g/mol. The molecule has 6 heteroatoms. The number of nitrogens with zero attached hydrogens (tertiary/aromatic N) is 2. The van der Waals surface area contributed by atoms with Crippen molar-refractivity contribution in [1.29, 1.82) is 0 Å². The van der Waals surface area contributed by atoms with E-state index in [0.29, 0.717) is 34.8 Å². The molecule has 0 radical (unpaired) electrons. The minimum Gasteiger partial charge on any atom is -0.493 e. The number of carbonyl (C=O) groups is 1. The minimum absolute atomic E-state index is 0.352. The predicted molar refractivity (Wildman–Crippen MR) is 111 cm³/mol. The van der Waals surface area contributed by atoms with Crippen LogP contribution in [0.1, 0.15) is 21.5 Å².